The van der Waals surface area contributed by atoms with E-state index in [1.807, 2.05) is 0 Å². The average molecular weight is 271 g/mol. The van der Waals surface area contributed by atoms with E-state index in [0.29, 0.717) is 11.3 Å². The van der Waals surface area contributed by atoms with Gasteiger partial charge in [-0.05, 0) is 18.2 Å². The summed E-state index contributed by atoms with van der Waals surface area (Å²) in [7, 11) is 1.51. The van der Waals surface area contributed by atoms with Crippen molar-refractivity contribution in [3.8, 4) is 12.3 Å². The molecule has 0 spiro atoms. The highest BCUT2D eigenvalue weighted by Gasteiger charge is 2.34. The number of nitrogens with zero attached hydrogens (tertiary/aromatic N) is 2. The SMILES string of the molecule is C#Cc1cccc(NC(=O)CN2C(=O)CN(C)C2=O)c1. The van der Waals surface area contributed by atoms with Crippen LogP contribution in [-0.2, 0) is 9.59 Å². The van der Waals surface area contributed by atoms with Crippen LogP contribution in [0.5, 0.6) is 0 Å². The fourth-order valence-corrected chi connectivity index (χ4v) is 1.86. The second-order valence-corrected chi connectivity index (χ2v) is 4.39. The van der Waals surface area contributed by atoms with Crippen molar-refractivity contribution in [2.24, 2.45) is 0 Å². The summed E-state index contributed by atoms with van der Waals surface area (Å²) in [6.45, 7) is -0.305. The number of imide groups is 1. The van der Waals surface area contributed by atoms with Crippen LogP contribution in [0.25, 0.3) is 0 Å². The zero-order valence-electron chi connectivity index (χ0n) is 10.9. The molecule has 20 heavy (non-hydrogen) atoms. The molecular weight excluding hydrogens is 258 g/mol. The molecule has 1 aliphatic rings. The lowest BCUT2D eigenvalue weighted by Gasteiger charge is -2.13. The predicted molar refractivity (Wildman–Crippen MR) is 72.7 cm³/mol. The van der Waals surface area contributed by atoms with Crippen molar-refractivity contribution in [1.29, 1.82) is 0 Å². The van der Waals surface area contributed by atoms with Gasteiger partial charge >= 0.3 is 6.03 Å². The molecule has 4 amide bonds. The highest BCUT2D eigenvalue weighted by Crippen LogP contribution is 2.11. The molecule has 1 aliphatic heterocycles. The van der Waals surface area contributed by atoms with Crippen LogP contribution < -0.4 is 5.32 Å². The largest absolute Gasteiger partial charge is 0.327 e. The third kappa shape index (κ3) is 2.78. The first kappa shape index (κ1) is 13.6. The van der Waals surface area contributed by atoms with Gasteiger partial charge in [-0.1, -0.05) is 12.0 Å². The van der Waals surface area contributed by atoms with E-state index in [1.165, 1.54) is 11.9 Å². The molecule has 6 heteroatoms. The first-order valence-corrected chi connectivity index (χ1v) is 5.93. The molecule has 6 nitrogen and oxygen atoms in total. The van der Waals surface area contributed by atoms with Crippen LogP contribution in [0.2, 0.25) is 0 Å². The van der Waals surface area contributed by atoms with Crippen molar-refractivity contribution in [2.45, 2.75) is 0 Å². The van der Waals surface area contributed by atoms with Crippen molar-refractivity contribution in [3.63, 3.8) is 0 Å². The number of benzene rings is 1. The number of urea groups is 1. The summed E-state index contributed by atoms with van der Waals surface area (Å²) in [5.74, 6) is 1.62. The smallest absolute Gasteiger partial charge is 0.324 e. The van der Waals surface area contributed by atoms with Gasteiger partial charge in [0.25, 0.3) is 5.91 Å². The Hall–Kier alpha value is -2.81. The number of rotatable bonds is 3. The zero-order valence-corrected chi connectivity index (χ0v) is 10.9. The van der Waals surface area contributed by atoms with Crippen LogP contribution >= 0.6 is 0 Å². The first-order valence-electron chi connectivity index (χ1n) is 5.93. The molecule has 1 N–H and O–H groups in total. The topological polar surface area (TPSA) is 69.7 Å². The van der Waals surface area contributed by atoms with E-state index >= 15 is 0 Å². The number of carbonyl (C=O) groups excluding carboxylic acids is 3. The summed E-state index contributed by atoms with van der Waals surface area (Å²) in [6.07, 6.45) is 5.27. The third-order valence-electron chi connectivity index (χ3n) is 2.85. The lowest BCUT2D eigenvalue weighted by Crippen LogP contribution is -2.38. The van der Waals surface area contributed by atoms with Crippen molar-refractivity contribution in [2.75, 3.05) is 25.5 Å². The first-order chi connectivity index (χ1) is 9.51. The summed E-state index contributed by atoms with van der Waals surface area (Å²) in [4.78, 5) is 37.2. The molecule has 1 aromatic rings. The summed E-state index contributed by atoms with van der Waals surface area (Å²) >= 11 is 0. The Balaban J connectivity index is 2.01. The van der Waals surface area contributed by atoms with Crippen LogP contribution in [0.1, 0.15) is 5.56 Å². The Bertz CT molecular complexity index is 618. The van der Waals surface area contributed by atoms with Gasteiger partial charge in [-0.3, -0.25) is 14.5 Å². The molecule has 1 saturated heterocycles. The second-order valence-electron chi connectivity index (χ2n) is 4.39. The van der Waals surface area contributed by atoms with Crippen molar-refractivity contribution >= 4 is 23.5 Å². The second kappa shape index (κ2) is 5.45. The van der Waals surface area contributed by atoms with Gasteiger partial charge in [0.2, 0.25) is 5.91 Å². The molecular formula is C14H13N3O3. The minimum atomic E-state index is -0.470. The van der Waals surface area contributed by atoms with E-state index in [-0.39, 0.29) is 19.0 Å². The molecule has 1 fully saturated rings. The Kier molecular flexibility index (Phi) is 3.71. The van der Waals surface area contributed by atoms with Crippen molar-refractivity contribution in [1.82, 2.24) is 9.80 Å². The summed E-state index contributed by atoms with van der Waals surface area (Å²) in [6, 6.07) is 6.29. The van der Waals surface area contributed by atoms with Crippen LogP contribution in [0, 0.1) is 12.3 Å². The third-order valence-corrected chi connectivity index (χ3v) is 2.85. The maximum atomic E-state index is 11.8. The molecule has 1 heterocycles. The number of amides is 4. The van der Waals surface area contributed by atoms with E-state index in [0.717, 1.165) is 4.90 Å². The Morgan fingerprint density at radius 3 is 2.80 bits per heavy atom. The Labute approximate surface area is 116 Å². The molecule has 0 bridgehead atoms. The van der Waals surface area contributed by atoms with Crippen LogP contribution in [-0.4, -0.2) is 47.8 Å². The van der Waals surface area contributed by atoms with Gasteiger partial charge in [-0.2, -0.15) is 0 Å². The summed E-state index contributed by atoms with van der Waals surface area (Å²) in [5, 5.41) is 2.60. The standard InChI is InChI=1S/C14H13N3O3/c1-3-10-5-4-6-11(7-10)15-12(18)8-17-13(19)9-16(2)14(17)20/h1,4-7H,8-9H2,2H3,(H,15,18). The predicted octanol–water partition coefficient (Wildman–Crippen LogP) is 0.500. The van der Waals surface area contributed by atoms with Crippen LogP contribution in [0.4, 0.5) is 10.5 Å². The average Bonchev–Trinajstić information content (AvgIpc) is 2.65. The molecule has 0 aliphatic carbocycles. The number of carbonyl (C=O) groups is 3. The number of terminal acetylenes is 1. The fraction of sp³-hybridized carbons (Fsp3) is 0.214. The number of hydrogen-bond acceptors (Lipinski definition) is 3. The Morgan fingerprint density at radius 1 is 1.45 bits per heavy atom. The summed E-state index contributed by atoms with van der Waals surface area (Å²) < 4.78 is 0. The molecule has 0 unspecified atom stereocenters. The van der Waals surface area contributed by atoms with E-state index in [2.05, 4.69) is 11.2 Å². The molecule has 0 radical (unpaired) electrons. The van der Waals surface area contributed by atoms with Gasteiger partial charge in [0, 0.05) is 18.3 Å². The van der Waals surface area contributed by atoms with E-state index < -0.39 is 11.9 Å². The normalized spacial score (nSPS) is 14.4. The number of hydrogen-bond donors (Lipinski definition) is 1. The van der Waals surface area contributed by atoms with Crippen molar-refractivity contribution in [3.05, 3.63) is 29.8 Å². The summed E-state index contributed by atoms with van der Waals surface area (Å²) in [5.41, 5.74) is 1.16. The minimum absolute atomic E-state index is 0.00130. The van der Waals surface area contributed by atoms with Gasteiger partial charge in [0.05, 0.1) is 0 Å². The number of anilines is 1. The maximum Gasteiger partial charge on any atom is 0.327 e. The van der Waals surface area contributed by atoms with Gasteiger partial charge in [-0.15, -0.1) is 6.42 Å². The van der Waals surface area contributed by atoms with E-state index in [1.54, 1.807) is 24.3 Å². The van der Waals surface area contributed by atoms with Gasteiger partial charge in [0.1, 0.15) is 13.1 Å². The molecule has 0 saturated carbocycles. The van der Waals surface area contributed by atoms with Gasteiger partial charge in [-0.25, -0.2) is 4.79 Å². The van der Waals surface area contributed by atoms with Crippen LogP contribution in [0.15, 0.2) is 24.3 Å². The molecule has 1 aromatic carbocycles. The van der Waals surface area contributed by atoms with E-state index in [9.17, 15) is 14.4 Å². The highest BCUT2D eigenvalue weighted by atomic mass is 16.2. The lowest BCUT2D eigenvalue weighted by molar-refractivity contribution is -0.129. The fourth-order valence-electron chi connectivity index (χ4n) is 1.86. The van der Waals surface area contributed by atoms with Gasteiger partial charge < -0.3 is 10.2 Å². The molecule has 0 atom stereocenters. The monoisotopic (exact) mass is 271 g/mol. The Morgan fingerprint density at radius 2 is 2.20 bits per heavy atom. The van der Waals surface area contributed by atoms with Crippen molar-refractivity contribution < 1.29 is 14.4 Å². The zero-order chi connectivity index (χ0) is 14.7. The quantitative estimate of drug-likeness (QED) is 0.643. The number of nitrogens with one attached hydrogen (secondary N) is 1. The minimum Gasteiger partial charge on any atom is -0.324 e. The lowest BCUT2D eigenvalue weighted by atomic mass is 10.2. The maximum absolute atomic E-state index is 11.8. The van der Waals surface area contributed by atoms with Gasteiger partial charge in [0.15, 0.2) is 0 Å². The molecule has 2 rings (SSSR count). The van der Waals surface area contributed by atoms with Crippen LogP contribution in [0.3, 0.4) is 0 Å². The number of likely N-dealkylation sites (N-methyl/N-ethyl adjacent to an activating group) is 1. The highest BCUT2D eigenvalue weighted by molar-refractivity contribution is 6.06. The molecule has 0 aromatic heterocycles. The molecule has 102 valence electrons. The van der Waals surface area contributed by atoms with E-state index in [4.69, 9.17) is 6.42 Å².